The van der Waals surface area contributed by atoms with E-state index >= 15 is 0 Å². The van der Waals surface area contributed by atoms with E-state index < -0.39 is 0 Å². The van der Waals surface area contributed by atoms with Crippen molar-refractivity contribution in [2.75, 3.05) is 24.6 Å². The van der Waals surface area contributed by atoms with Crippen molar-refractivity contribution in [3.63, 3.8) is 0 Å². The summed E-state index contributed by atoms with van der Waals surface area (Å²) in [5, 5.41) is 0. The van der Waals surface area contributed by atoms with Crippen LogP contribution in [0, 0.1) is 11.8 Å². The van der Waals surface area contributed by atoms with Crippen LogP contribution in [-0.4, -0.2) is 48.7 Å². The Kier molecular flexibility index (Phi) is 2.55. The summed E-state index contributed by atoms with van der Waals surface area (Å²) in [6, 6.07) is 9.66. The zero-order valence-corrected chi connectivity index (χ0v) is 14.9. The van der Waals surface area contributed by atoms with Crippen LogP contribution in [0.3, 0.4) is 0 Å². The Labute approximate surface area is 153 Å². The standard InChI is InChI=1S/C22H24N2O2/c25-19-11-17-20-14-10-18-22(7-8-23(18)12-13(14)4-3-9-26-17)15-5-1-2-6-16(15)24(19)21(20)22/h1-2,4-6,14,17-18,20-21H,3,7-12H2/b13-4-/t14-,17+,18-,20-,21+,22-/m0/s1. The molecular formula is C22H24N2O2. The molecule has 4 fully saturated rings. The summed E-state index contributed by atoms with van der Waals surface area (Å²) >= 11 is 0. The van der Waals surface area contributed by atoms with Gasteiger partial charge in [-0.3, -0.25) is 9.69 Å². The minimum atomic E-state index is 0.108. The summed E-state index contributed by atoms with van der Waals surface area (Å²) in [5.41, 5.74) is 4.41. The van der Waals surface area contributed by atoms with Crippen molar-refractivity contribution in [1.82, 2.24) is 4.90 Å². The fourth-order valence-corrected chi connectivity index (χ4v) is 7.69. The fourth-order valence-electron chi connectivity index (χ4n) is 7.69. The number of rotatable bonds is 0. The second-order valence-electron chi connectivity index (χ2n) is 9.10. The van der Waals surface area contributed by atoms with Crippen LogP contribution in [0.15, 0.2) is 35.9 Å². The van der Waals surface area contributed by atoms with Crippen LogP contribution < -0.4 is 4.90 Å². The molecule has 0 unspecified atom stereocenters. The van der Waals surface area contributed by atoms with Crippen molar-refractivity contribution in [1.29, 1.82) is 0 Å². The molecule has 0 N–H and O–H groups in total. The van der Waals surface area contributed by atoms with E-state index in [4.69, 9.17) is 4.74 Å². The van der Waals surface area contributed by atoms with Gasteiger partial charge in [0.1, 0.15) is 0 Å². The van der Waals surface area contributed by atoms with Gasteiger partial charge in [0.2, 0.25) is 5.91 Å². The molecule has 1 aromatic rings. The maximum atomic E-state index is 13.3. The first-order chi connectivity index (χ1) is 12.8. The van der Waals surface area contributed by atoms with E-state index in [2.05, 4.69) is 40.1 Å². The highest BCUT2D eigenvalue weighted by molar-refractivity contribution is 5.99. The molecule has 5 aliphatic heterocycles. The Morgan fingerprint density at radius 1 is 1.23 bits per heavy atom. The Hall–Kier alpha value is -1.65. The van der Waals surface area contributed by atoms with E-state index in [0.29, 0.717) is 30.3 Å². The quantitative estimate of drug-likeness (QED) is 0.676. The molecular weight excluding hydrogens is 324 g/mol. The molecule has 0 radical (unpaired) electrons. The van der Waals surface area contributed by atoms with E-state index in [1.807, 2.05) is 0 Å². The number of amides is 1. The maximum absolute atomic E-state index is 13.3. The third kappa shape index (κ3) is 1.43. The number of piperidine rings is 2. The van der Waals surface area contributed by atoms with Gasteiger partial charge < -0.3 is 9.64 Å². The summed E-state index contributed by atoms with van der Waals surface area (Å²) in [4.78, 5) is 18.2. The summed E-state index contributed by atoms with van der Waals surface area (Å²) in [5.74, 6) is 1.34. The van der Waals surface area contributed by atoms with E-state index in [1.165, 1.54) is 30.6 Å². The lowest BCUT2D eigenvalue weighted by Crippen LogP contribution is -2.69. The molecule has 5 heterocycles. The average Bonchev–Trinajstić information content (AvgIpc) is 3.18. The van der Waals surface area contributed by atoms with Crippen LogP contribution >= 0.6 is 0 Å². The van der Waals surface area contributed by atoms with Crippen molar-refractivity contribution in [3.05, 3.63) is 41.5 Å². The number of carbonyl (C=O) groups is 1. The number of hydrogen-bond acceptors (Lipinski definition) is 3. The minimum absolute atomic E-state index is 0.108. The molecule has 6 atom stereocenters. The molecule has 4 heteroatoms. The molecule has 4 nitrogen and oxygen atoms in total. The zero-order chi connectivity index (χ0) is 17.0. The third-order valence-electron chi connectivity index (χ3n) is 8.42. The van der Waals surface area contributed by atoms with Crippen molar-refractivity contribution in [2.24, 2.45) is 11.8 Å². The average molecular weight is 348 g/mol. The van der Waals surface area contributed by atoms with Gasteiger partial charge in [0, 0.05) is 29.6 Å². The van der Waals surface area contributed by atoms with E-state index in [9.17, 15) is 4.79 Å². The van der Waals surface area contributed by atoms with Crippen LogP contribution in [0.1, 0.15) is 31.2 Å². The number of benzene rings is 1. The van der Waals surface area contributed by atoms with Gasteiger partial charge in [0.05, 0.1) is 25.2 Å². The lowest BCUT2D eigenvalue weighted by molar-refractivity contribution is -0.135. The molecule has 3 saturated heterocycles. The molecule has 134 valence electrons. The van der Waals surface area contributed by atoms with Gasteiger partial charge in [-0.2, -0.15) is 0 Å². The Morgan fingerprint density at radius 3 is 3.12 bits per heavy atom. The number of carbonyl (C=O) groups excluding carboxylic acids is 1. The smallest absolute Gasteiger partial charge is 0.229 e. The first-order valence-electron chi connectivity index (χ1n) is 10.3. The van der Waals surface area contributed by atoms with Gasteiger partial charge in [0.15, 0.2) is 0 Å². The second-order valence-corrected chi connectivity index (χ2v) is 9.10. The fraction of sp³-hybridized carbons (Fsp3) is 0.591. The number of ether oxygens (including phenoxy) is 1. The first-order valence-corrected chi connectivity index (χ1v) is 10.3. The molecule has 6 aliphatic rings. The van der Waals surface area contributed by atoms with Gasteiger partial charge in [-0.25, -0.2) is 0 Å². The second kappa shape index (κ2) is 4.60. The van der Waals surface area contributed by atoms with Crippen LogP contribution in [0.5, 0.6) is 0 Å². The largest absolute Gasteiger partial charge is 0.377 e. The van der Waals surface area contributed by atoms with Crippen molar-refractivity contribution in [2.45, 2.75) is 49.3 Å². The molecule has 2 bridgehead atoms. The van der Waals surface area contributed by atoms with E-state index in [-0.39, 0.29) is 17.4 Å². The molecule has 26 heavy (non-hydrogen) atoms. The predicted molar refractivity (Wildman–Crippen MR) is 98.0 cm³/mol. The number of anilines is 1. The predicted octanol–water partition coefficient (Wildman–Crippen LogP) is 2.48. The molecule has 1 aliphatic carbocycles. The Morgan fingerprint density at radius 2 is 2.15 bits per heavy atom. The molecule has 1 aromatic carbocycles. The molecule has 0 aromatic heterocycles. The first kappa shape index (κ1) is 14.4. The molecule has 1 spiro atoms. The van der Waals surface area contributed by atoms with Gasteiger partial charge in [-0.05, 0) is 43.4 Å². The van der Waals surface area contributed by atoms with Gasteiger partial charge in [0.25, 0.3) is 0 Å². The molecule has 1 saturated carbocycles. The van der Waals surface area contributed by atoms with Crippen molar-refractivity contribution < 1.29 is 9.53 Å². The Bertz CT molecular complexity index is 863. The summed E-state index contributed by atoms with van der Waals surface area (Å²) in [6.45, 7) is 3.07. The zero-order valence-electron chi connectivity index (χ0n) is 14.9. The maximum Gasteiger partial charge on any atom is 0.229 e. The lowest BCUT2D eigenvalue weighted by Gasteiger charge is -2.59. The summed E-state index contributed by atoms with van der Waals surface area (Å²) in [7, 11) is 0. The van der Waals surface area contributed by atoms with Gasteiger partial charge in [-0.15, -0.1) is 0 Å². The Balaban J connectivity index is 1.53. The van der Waals surface area contributed by atoms with Crippen molar-refractivity contribution in [3.8, 4) is 0 Å². The van der Waals surface area contributed by atoms with Crippen LogP contribution in [0.2, 0.25) is 0 Å². The van der Waals surface area contributed by atoms with Crippen LogP contribution in [-0.2, 0) is 14.9 Å². The normalized spacial score (nSPS) is 47.1. The molecule has 7 rings (SSSR count). The number of fused-ring (bicyclic) bond motifs is 2. The highest BCUT2D eigenvalue weighted by Crippen LogP contribution is 2.65. The number of hydrogen-bond donors (Lipinski definition) is 0. The monoisotopic (exact) mass is 348 g/mol. The van der Waals surface area contributed by atoms with Gasteiger partial charge in [-0.1, -0.05) is 29.8 Å². The van der Waals surface area contributed by atoms with E-state index in [0.717, 1.165) is 19.6 Å². The number of nitrogens with zero attached hydrogens (tertiary/aromatic N) is 2. The number of para-hydroxylation sites is 1. The van der Waals surface area contributed by atoms with E-state index in [1.54, 1.807) is 5.57 Å². The van der Waals surface area contributed by atoms with Crippen LogP contribution in [0.25, 0.3) is 0 Å². The molecule has 1 amide bonds. The summed E-state index contributed by atoms with van der Waals surface area (Å²) < 4.78 is 6.32. The SMILES string of the molecule is O=C1C[C@H]2OCC/C=C3/CN4CC[C@@]56c7ccccc7N1[C@@H]5[C@H]2[C@H]3C[C@H]46. The third-order valence-corrected chi connectivity index (χ3v) is 8.42. The summed E-state index contributed by atoms with van der Waals surface area (Å²) in [6.07, 6.45) is 6.57. The topological polar surface area (TPSA) is 32.8 Å². The minimum Gasteiger partial charge on any atom is -0.377 e. The van der Waals surface area contributed by atoms with Gasteiger partial charge >= 0.3 is 0 Å². The lowest BCUT2D eigenvalue weighted by atomic mass is 9.53. The van der Waals surface area contributed by atoms with Crippen LogP contribution in [0.4, 0.5) is 5.69 Å². The highest BCUT2D eigenvalue weighted by Gasteiger charge is 2.70. The van der Waals surface area contributed by atoms with Crippen molar-refractivity contribution >= 4 is 11.6 Å². The highest BCUT2D eigenvalue weighted by atomic mass is 16.5.